The number of carboxylic acid groups (broad SMARTS) is 1. The van der Waals surface area contributed by atoms with Crippen molar-refractivity contribution in [1.82, 2.24) is 19.5 Å². The van der Waals surface area contributed by atoms with Crippen molar-refractivity contribution in [3.63, 3.8) is 0 Å². The molecule has 1 unspecified atom stereocenters. The van der Waals surface area contributed by atoms with E-state index < -0.39 is 6.09 Å². The van der Waals surface area contributed by atoms with Crippen LogP contribution in [0.5, 0.6) is 5.75 Å². The Morgan fingerprint density at radius 1 is 1.30 bits per heavy atom. The van der Waals surface area contributed by atoms with E-state index in [0.29, 0.717) is 6.54 Å². The maximum Gasteiger partial charge on any atom is 0.407 e. The highest BCUT2D eigenvalue weighted by Gasteiger charge is 2.29. The normalized spacial score (nSPS) is 16.7. The van der Waals surface area contributed by atoms with E-state index in [1.165, 1.54) is 4.90 Å². The summed E-state index contributed by atoms with van der Waals surface area (Å²) in [5, 5.41) is 14.0. The molecule has 0 spiro atoms. The summed E-state index contributed by atoms with van der Waals surface area (Å²) in [6, 6.07) is 11.6. The first-order chi connectivity index (χ1) is 13.1. The molecule has 1 saturated heterocycles. The molecule has 1 aliphatic rings. The monoisotopic (exact) mass is 367 g/mol. The Balaban J connectivity index is 1.68. The van der Waals surface area contributed by atoms with Gasteiger partial charge in [-0.25, -0.2) is 14.3 Å². The predicted molar refractivity (Wildman–Crippen MR) is 101 cm³/mol. The number of imidazole rings is 1. The van der Waals surface area contributed by atoms with Crippen LogP contribution in [0.3, 0.4) is 0 Å². The Morgan fingerprint density at radius 2 is 2.11 bits per heavy atom. The number of amides is 1. The van der Waals surface area contributed by atoms with Crippen molar-refractivity contribution in [2.45, 2.75) is 12.5 Å². The van der Waals surface area contributed by atoms with Crippen LogP contribution in [0, 0.1) is 0 Å². The summed E-state index contributed by atoms with van der Waals surface area (Å²) in [5.41, 5.74) is 2.52. The second-order valence-corrected chi connectivity index (χ2v) is 6.59. The third kappa shape index (κ3) is 3.03. The molecular formula is C19H21N5O3. The minimum absolute atomic E-state index is 0.0310. The highest BCUT2D eigenvalue weighted by Crippen LogP contribution is 2.30. The van der Waals surface area contributed by atoms with Crippen molar-refractivity contribution in [1.29, 1.82) is 0 Å². The number of anilines is 1. The number of carbonyl (C=O) groups is 1. The molecule has 1 amide bonds. The third-order valence-electron chi connectivity index (χ3n) is 5.07. The molecule has 8 heteroatoms. The van der Waals surface area contributed by atoms with Crippen LogP contribution in [-0.2, 0) is 0 Å². The Kier molecular flexibility index (Phi) is 4.31. The van der Waals surface area contributed by atoms with Crippen molar-refractivity contribution in [3.05, 3.63) is 42.6 Å². The average molecular weight is 367 g/mol. The van der Waals surface area contributed by atoms with Gasteiger partial charge in [-0.1, -0.05) is 12.1 Å². The fourth-order valence-electron chi connectivity index (χ4n) is 3.49. The van der Waals surface area contributed by atoms with Crippen LogP contribution in [-0.4, -0.2) is 64.0 Å². The number of hydrogen-bond acceptors (Lipinski definition) is 5. The van der Waals surface area contributed by atoms with E-state index in [9.17, 15) is 9.90 Å². The molecule has 8 nitrogen and oxygen atoms in total. The van der Waals surface area contributed by atoms with Crippen LogP contribution in [0.1, 0.15) is 6.42 Å². The van der Waals surface area contributed by atoms with Crippen molar-refractivity contribution >= 4 is 17.6 Å². The Labute approximate surface area is 156 Å². The highest BCUT2D eigenvalue weighted by molar-refractivity contribution is 5.70. The molecule has 1 aliphatic heterocycles. The molecule has 3 heterocycles. The van der Waals surface area contributed by atoms with Gasteiger partial charge in [0.05, 0.1) is 25.0 Å². The highest BCUT2D eigenvalue weighted by atomic mass is 16.5. The van der Waals surface area contributed by atoms with E-state index in [0.717, 1.165) is 41.4 Å². The van der Waals surface area contributed by atoms with Gasteiger partial charge in [0.25, 0.3) is 0 Å². The van der Waals surface area contributed by atoms with Gasteiger partial charge in [0.1, 0.15) is 11.6 Å². The third-order valence-corrected chi connectivity index (χ3v) is 5.07. The van der Waals surface area contributed by atoms with Crippen molar-refractivity contribution in [2.75, 3.05) is 32.1 Å². The SMILES string of the molecule is COc1ccccc1-c1cnc2ccc(N3CCC(N(C)C(=O)O)C3)nn12. The molecule has 4 rings (SSSR count). The van der Waals surface area contributed by atoms with E-state index in [1.807, 2.05) is 36.4 Å². The second kappa shape index (κ2) is 6.79. The van der Waals surface area contributed by atoms with Gasteiger partial charge in [0, 0.05) is 25.7 Å². The summed E-state index contributed by atoms with van der Waals surface area (Å²) >= 11 is 0. The standard InChI is InChI=1S/C19H21N5O3/c1-22(19(25)26)13-9-10-23(12-13)18-8-7-17-20-11-15(24(17)21-18)14-5-3-4-6-16(14)27-2/h3-8,11,13H,9-10,12H2,1-2H3,(H,25,26). The van der Waals surface area contributed by atoms with Crippen molar-refractivity contribution < 1.29 is 14.6 Å². The molecule has 0 radical (unpaired) electrons. The van der Waals surface area contributed by atoms with Gasteiger partial charge in [-0.2, -0.15) is 0 Å². The smallest absolute Gasteiger partial charge is 0.407 e. The molecule has 2 aromatic heterocycles. The van der Waals surface area contributed by atoms with Gasteiger partial charge in [-0.3, -0.25) is 0 Å². The van der Waals surface area contributed by atoms with Gasteiger partial charge >= 0.3 is 6.09 Å². The summed E-state index contributed by atoms with van der Waals surface area (Å²) in [6.07, 6.45) is 1.67. The maximum absolute atomic E-state index is 11.2. The van der Waals surface area contributed by atoms with E-state index in [-0.39, 0.29) is 6.04 Å². The fraction of sp³-hybridized carbons (Fsp3) is 0.316. The van der Waals surface area contributed by atoms with Crippen molar-refractivity contribution in [2.24, 2.45) is 0 Å². The number of likely N-dealkylation sites (N-methyl/N-ethyl adjacent to an activating group) is 1. The Bertz CT molecular complexity index is 986. The maximum atomic E-state index is 11.2. The van der Waals surface area contributed by atoms with Gasteiger partial charge in [0.15, 0.2) is 5.65 Å². The largest absolute Gasteiger partial charge is 0.496 e. The topological polar surface area (TPSA) is 83.2 Å². The molecule has 3 aromatic rings. The zero-order valence-corrected chi connectivity index (χ0v) is 15.2. The van der Waals surface area contributed by atoms with Crippen LogP contribution in [0.15, 0.2) is 42.6 Å². The Morgan fingerprint density at radius 3 is 2.89 bits per heavy atom. The number of rotatable bonds is 4. The Hall–Kier alpha value is -3.29. The molecule has 0 aliphatic carbocycles. The fourth-order valence-corrected chi connectivity index (χ4v) is 3.49. The van der Waals surface area contributed by atoms with Gasteiger partial charge in [-0.05, 0) is 30.7 Å². The van der Waals surface area contributed by atoms with Gasteiger partial charge < -0.3 is 19.6 Å². The number of hydrogen-bond donors (Lipinski definition) is 1. The summed E-state index contributed by atoms with van der Waals surface area (Å²) in [7, 11) is 3.26. The minimum Gasteiger partial charge on any atom is -0.496 e. The van der Waals surface area contributed by atoms with Crippen LogP contribution in [0.4, 0.5) is 10.6 Å². The zero-order chi connectivity index (χ0) is 19.0. The van der Waals surface area contributed by atoms with E-state index in [1.54, 1.807) is 24.9 Å². The van der Waals surface area contributed by atoms with Gasteiger partial charge in [0.2, 0.25) is 0 Å². The lowest BCUT2D eigenvalue weighted by molar-refractivity contribution is 0.142. The molecule has 27 heavy (non-hydrogen) atoms. The lowest BCUT2D eigenvalue weighted by Gasteiger charge is -2.22. The molecule has 1 aromatic carbocycles. The van der Waals surface area contributed by atoms with E-state index in [4.69, 9.17) is 9.84 Å². The molecule has 0 saturated carbocycles. The summed E-state index contributed by atoms with van der Waals surface area (Å²) in [5.74, 6) is 1.56. The summed E-state index contributed by atoms with van der Waals surface area (Å²) in [4.78, 5) is 19.1. The summed E-state index contributed by atoms with van der Waals surface area (Å²) < 4.78 is 7.28. The van der Waals surface area contributed by atoms with Crippen LogP contribution in [0.2, 0.25) is 0 Å². The first-order valence-corrected chi connectivity index (χ1v) is 8.77. The van der Waals surface area contributed by atoms with E-state index in [2.05, 4.69) is 9.88 Å². The predicted octanol–water partition coefficient (Wildman–Crippen LogP) is 2.59. The number of para-hydroxylation sites is 1. The summed E-state index contributed by atoms with van der Waals surface area (Å²) in [6.45, 7) is 1.39. The van der Waals surface area contributed by atoms with Crippen LogP contribution < -0.4 is 9.64 Å². The number of ether oxygens (including phenoxy) is 1. The van der Waals surface area contributed by atoms with Crippen molar-refractivity contribution in [3.8, 4) is 17.0 Å². The first kappa shape index (κ1) is 17.1. The lowest BCUT2D eigenvalue weighted by atomic mass is 10.1. The molecule has 1 atom stereocenters. The molecule has 0 bridgehead atoms. The zero-order valence-electron chi connectivity index (χ0n) is 15.2. The lowest BCUT2D eigenvalue weighted by Crippen LogP contribution is -2.38. The van der Waals surface area contributed by atoms with Gasteiger partial charge in [-0.15, -0.1) is 5.10 Å². The van der Waals surface area contributed by atoms with E-state index >= 15 is 0 Å². The number of nitrogens with zero attached hydrogens (tertiary/aromatic N) is 5. The van der Waals surface area contributed by atoms with Crippen LogP contribution in [0.25, 0.3) is 16.9 Å². The molecule has 140 valence electrons. The average Bonchev–Trinajstić information content (AvgIpc) is 3.34. The minimum atomic E-state index is -0.904. The molecule has 1 fully saturated rings. The number of methoxy groups -OCH3 is 1. The quantitative estimate of drug-likeness (QED) is 0.763. The first-order valence-electron chi connectivity index (χ1n) is 8.77. The van der Waals surface area contributed by atoms with Crippen LogP contribution >= 0.6 is 0 Å². The number of benzene rings is 1. The number of fused-ring (bicyclic) bond motifs is 1. The number of aromatic nitrogens is 3. The molecule has 1 N–H and O–H groups in total. The second-order valence-electron chi connectivity index (χ2n) is 6.59. The molecular weight excluding hydrogens is 346 g/mol.